The first-order chi connectivity index (χ1) is 12.2. The summed E-state index contributed by atoms with van der Waals surface area (Å²) in [6.07, 6.45) is 1.59. The Morgan fingerprint density at radius 2 is 2.12 bits per heavy atom. The van der Waals surface area contributed by atoms with Crippen LogP contribution in [0, 0.1) is 0 Å². The third-order valence-corrected chi connectivity index (χ3v) is 4.83. The molecule has 6 nitrogen and oxygen atoms in total. The molecule has 2 amide bonds. The first-order valence-electron chi connectivity index (χ1n) is 8.26. The first kappa shape index (κ1) is 17.8. The lowest BCUT2D eigenvalue weighted by Gasteiger charge is -2.19. The van der Waals surface area contributed by atoms with E-state index < -0.39 is 0 Å². The minimum Gasteiger partial charge on any atom is -0.468 e. The van der Waals surface area contributed by atoms with E-state index in [4.69, 9.17) is 13.9 Å². The summed E-state index contributed by atoms with van der Waals surface area (Å²) in [5.74, 6) is 1.72. The SMILES string of the molecule is CCOC1COCC1NC(=O)Nc1ccc(SCc2ccco2)cc1. The Bertz CT molecular complexity index is 660. The molecular weight excluding hydrogens is 340 g/mol. The lowest BCUT2D eigenvalue weighted by Crippen LogP contribution is -2.45. The summed E-state index contributed by atoms with van der Waals surface area (Å²) < 4.78 is 16.2. The topological polar surface area (TPSA) is 72.7 Å². The van der Waals surface area contributed by atoms with Gasteiger partial charge < -0.3 is 24.5 Å². The van der Waals surface area contributed by atoms with E-state index in [-0.39, 0.29) is 18.2 Å². The third kappa shape index (κ3) is 5.26. The average Bonchev–Trinajstić information content (AvgIpc) is 3.27. The second-order valence-corrected chi connectivity index (χ2v) is 6.68. The molecule has 2 N–H and O–H groups in total. The largest absolute Gasteiger partial charge is 0.468 e. The molecule has 7 heteroatoms. The highest BCUT2D eigenvalue weighted by Gasteiger charge is 2.29. The van der Waals surface area contributed by atoms with E-state index in [0.717, 1.165) is 22.1 Å². The second kappa shape index (κ2) is 8.94. The number of ether oxygens (including phenoxy) is 2. The number of anilines is 1. The van der Waals surface area contributed by atoms with Gasteiger partial charge in [0.1, 0.15) is 11.9 Å². The van der Waals surface area contributed by atoms with Crippen LogP contribution in [0.1, 0.15) is 12.7 Å². The van der Waals surface area contributed by atoms with E-state index in [0.29, 0.717) is 19.8 Å². The number of benzene rings is 1. The van der Waals surface area contributed by atoms with Gasteiger partial charge in [-0.25, -0.2) is 4.79 Å². The molecule has 25 heavy (non-hydrogen) atoms. The zero-order chi connectivity index (χ0) is 17.5. The van der Waals surface area contributed by atoms with Gasteiger partial charge in [0.2, 0.25) is 0 Å². The summed E-state index contributed by atoms with van der Waals surface area (Å²) in [6.45, 7) is 3.52. The first-order valence-corrected chi connectivity index (χ1v) is 9.25. The molecule has 134 valence electrons. The second-order valence-electron chi connectivity index (χ2n) is 5.63. The quantitative estimate of drug-likeness (QED) is 0.738. The Morgan fingerprint density at radius 3 is 2.84 bits per heavy atom. The molecule has 1 fully saturated rings. The Hall–Kier alpha value is -1.96. The molecule has 2 unspecified atom stereocenters. The van der Waals surface area contributed by atoms with Gasteiger partial charge in [-0.2, -0.15) is 0 Å². The number of urea groups is 1. The molecule has 0 saturated carbocycles. The van der Waals surface area contributed by atoms with Gasteiger partial charge in [-0.3, -0.25) is 0 Å². The summed E-state index contributed by atoms with van der Waals surface area (Å²) in [5.41, 5.74) is 0.742. The summed E-state index contributed by atoms with van der Waals surface area (Å²) >= 11 is 1.68. The number of rotatable bonds is 7. The van der Waals surface area contributed by atoms with Gasteiger partial charge >= 0.3 is 6.03 Å². The number of nitrogens with one attached hydrogen (secondary N) is 2. The van der Waals surface area contributed by atoms with E-state index >= 15 is 0 Å². The van der Waals surface area contributed by atoms with E-state index in [1.807, 2.05) is 43.3 Å². The Labute approximate surface area is 151 Å². The number of carbonyl (C=O) groups is 1. The van der Waals surface area contributed by atoms with Crippen molar-refractivity contribution in [3.63, 3.8) is 0 Å². The van der Waals surface area contributed by atoms with E-state index in [2.05, 4.69) is 10.6 Å². The van der Waals surface area contributed by atoms with Crippen molar-refractivity contribution in [3.05, 3.63) is 48.4 Å². The number of carbonyl (C=O) groups excluding carboxylic acids is 1. The fourth-order valence-corrected chi connectivity index (χ4v) is 3.37. The Morgan fingerprint density at radius 1 is 1.28 bits per heavy atom. The maximum absolute atomic E-state index is 12.1. The average molecular weight is 362 g/mol. The molecular formula is C18H22N2O4S. The van der Waals surface area contributed by atoms with Crippen LogP contribution in [0.3, 0.4) is 0 Å². The summed E-state index contributed by atoms with van der Waals surface area (Å²) in [4.78, 5) is 13.2. The maximum Gasteiger partial charge on any atom is 0.319 e. The predicted molar refractivity (Wildman–Crippen MR) is 96.9 cm³/mol. The standard InChI is InChI=1S/C18H22N2O4S/c1-2-23-17-11-22-10-16(17)20-18(21)19-13-5-7-15(8-6-13)25-12-14-4-3-9-24-14/h3-9,16-17H,2,10-12H2,1H3,(H2,19,20,21). The maximum atomic E-state index is 12.1. The third-order valence-electron chi connectivity index (χ3n) is 3.80. The molecule has 1 aliphatic rings. The molecule has 3 rings (SSSR count). The molecule has 1 saturated heterocycles. The van der Waals surface area contributed by atoms with E-state index in [1.165, 1.54) is 0 Å². The van der Waals surface area contributed by atoms with Crippen molar-refractivity contribution in [2.24, 2.45) is 0 Å². The zero-order valence-corrected chi connectivity index (χ0v) is 14.9. The van der Waals surface area contributed by atoms with Crippen LogP contribution < -0.4 is 10.6 Å². The smallest absolute Gasteiger partial charge is 0.319 e. The van der Waals surface area contributed by atoms with Crippen LogP contribution in [0.5, 0.6) is 0 Å². The number of hydrogen-bond donors (Lipinski definition) is 2. The minimum atomic E-state index is -0.254. The molecule has 1 aromatic carbocycles. The Kier molecular flexibility index (Phi) is 6.38. The highest BCUT2D eigenvalue weighted by atomic mass is 32.2. The number of amides is 2. The molecule has 0 radical (unpaired) electrons. The molecule has 1 aromatic heterocycles. The summed E-state index contributed by atoms with van der Waals surface area (Å²) in [5, 5.41) is 5.74. The van der Waals surface area contributed by atoms with E-state index in [1.54, 1.807) is 18.0 Å². The van der Waals surface area contributed by atoms with Crippen LogP contribution in [0.25, 0.3) is 0 Å². The lowest BCUT2D eigenvalue weighted by molar-refractivity contribution is 0.0428. The normalized spacial score (nSPS) is 19.7. The van der Waals surface area contributed by atoms with Crippen LogP contribution in [-0.4, -0.2) is 38.0 Å². The predicted octanol–water partition coefficient (Wildman–Crippen LogP) is 3.50. The van der Waals surface area contributed by atoms with Gasteiger partial charge in [-0.15, -0.1) is 11.8 Å². The molecule has 0 spiro atoms. The van der Waals surface area contributed by atoms with Crippen molar-refractivity contribution < 1.29 is 18.7 Å². The summed E-state index contributed by atoms with van der Waals surface area (Å²) in [6, 6.07) is 11.2. The van der Waals surface area contributed by atoms with Crippen LogP contribution in [-0.2, 0) is 15.2 Å². The van der Waals surface area contributed by atoms with Crippen molar-refractivity contribution in [2.75, 3.05) is 25.1 Å². The van der Waals surface area contributed by atoms with Gasteiger partial charge in [0.15, 0.2) is 0 Å². The molecule has 0 bridgehead atoms. The van der Waals surface area contributed by atoms with Gasteiger partial charge in [-0.1, -0.05) is 0 Å². The number of hydrogen-bond acceptors (Lipinski definition) is 5. The van der Waals surface area contributed by atoms with Crippen molar-refractivity contribution in [3.8, 4) is 0 Å². The van der Waals surface area contributed by atoms with Crippen molar-refractivity contribution in [1.82, 2.24) is 5.32 Å². The van der Waals surface area contributed by atoms with Gasteiger partial charge in [0.05, 0.1) is 31.3 Å². The van der Waals surface area contributed by atoms with Crippen LogP contribution >= 0.6 is 11.8 Å². The molecule has 2 heterocycles. The molecule has 0 aliphatic carbocycles. The lowest BCUT2D eigenvalue weighted by atomic mass is 10.2. The van der Waals surface area contributed by atoms with Crippen molar-refractivity contribution in [1.29, 1.82) is 0 Å². The van der Waals surface area contributed by atoms with Crippen LogP contribution in [0.4, 0.5) is 10.5 Å². The van der Waals surface area contributed by atoms with Crippen molar-refractivity contribution >= 4 is 23.5 Å². The number of thioether (sulfide) groups is 1. The molecule has 2 atom stereocenters. The minimum absolute atomic E-state index is 0.0869. The monoisotopic (exact) mass is 362 g/mol. The fourth-order valence-electron chi connectivity index (χ4n) is 2.57. The summed E-state index contributed by atoms with van der Waals surface area (Å²) in [7, 11) is 0. The Balaban J connectivity index is 1.46. The van der Waals surface area contributed by atoms with Crippen LogP contribution in [0.2, 0.25) is 0 Å². The fraction of sp³-hybridized carbons (Fsp3) is 0.389. The van der Waals surface area contributed by atoms with Gasteiger partial charge in [0, 0.05) is 17.2 Å². The molecule has 1 aliphatic heterocycles. The van der Waals surface area contributed by atoms with Crippen LogP contribution in [0.15, 0.2) is 52.0 Å². The molecule has 2 aromatic rings. The van der Waals surface area contributed by atoms with E-state index in [9.17, 15) is 4.79 Å². The van der Waals surface area contributed by atoms with Crippen molar-refractivity contribution in [2.45, 2.75) is 29.7 Å². The zero-order valence-electron chi connectivity index (χ0n) is 14.1. The highest BCUT2D eigenvalue weighted by molar-refractivity contribution is 7.98. The number of furan rings is 1. The van der Waals surface area contributed by atoms with Gasteiger partial charge in [-0.05, 0) is 43.3 Å². The highest BCUT2D eigenvalue weighted by Crippen LogP contribution is 2.24. The van der Waals surface area contributed by atoms with Gasteiger partial charge in [0.25, 0.3) is 0 Å².